The number of alkyl halides is 1. The van der Waals surface area contributed by atoms with E-state index in [1.54, 1.807) is 0 Å². The summed E-state index contributed by atoms with van der Waals surface area (Å²) in [5.41, 5.74) is 2.59. The first-order chi connectivity index (χ1) is 11.3. The third kappa shape index (κ3) is 10.0. The lowest BCUT2D eigenvalue weighted by Gasteiger charge is -2.17. The quantitative estimate of drug-likeness (QED) is 0.264. The van der Waals surface area contributed by atoms with Gasteiger partial charge in [0, 0.05) is 12.5 Å². The third-order valence-corrected chi connectivity index (χ3v) is 4.74. The van der Waals surface area contributed by atoms with Crippen LogP contribution in [0.1, 0.15) is 82.8 Å². The molecule has 0 saturated heterocycles. The van der Waals surface area contributed by atoms with Crippen LogP contribution in [0.15, 0.2) is 24.3 Å². The molecule has 0 aliphatic heterocycles. The predicted molar refractivity (Wildman–Crippen MR) is 102 cm³/mol. The minimum atomic E-state index is 0.412. The van der Waals surface area contributed by atoms with Crippen molar-refractivity contribution in [2.24, 2.45) is 0 Å². The maximum Gasteiger partial charge on any atom is 0.0578 e. The fraction of sp³-hybridized carbons (Fsp3) is 0.714. The van der Waals surface area contributed by atoms with Crippen molar-refractivity contribution >= 4 is 11.6 Å². The summed E-state index contributed by atoms with van der Waals surface area (Å²) >= 11 is 5.92. The Balaban J connectivity index is 2.23. The van der Waals surface area contributed by atoms with Gasteiger partial charge in [0.1, 0.15) is 0 Å². The molecule has 1 unspecified atom stereocenters. The van der Waals surface area contributed by atoms with E-state index in [1.807, 2.05) is 0 Å². The highest BCUT2D eigenvalue weighted by molar-refractivity contribution is 6.17. The van der Waals surface area contributed by atoms with Crippen molar-refractivity contribution in [3.8, 4) is 0 Å². The second-order valence-electron chi connectivity index (χ2n) is 6.48. The van der Waals surface area contributed by atoms with Crippen LogP contribution in [0.4, 0.5) is 0 Å². The van der Waals surface area contributed by atoms with Crippen LogP contribution in [-0.4, -0.2) is 12.7 Å². The van der Waals surface area contributed by atoms with Crippen LogP contribution >= 0.6 is 11.6 Å². The SMILES string of the molecule is CCCCCCCCCC(CCc1cccc(CCl)c1)OCC. The van der Waals surface area contributed by atoms with E-state index in [0.29, 0.717) is 12.0 Å². The van der Waals surface area contributed by atoms with Crippen molar-refractivity contribution in [2.45, 2.75) is 90.0 Å². The van der Waals surface area contributed by atoms with Gasteiger partial charge in [0.05, 0.1) is 6.10 Å². The van der Waals surface area contributed by atoms with Gasteiger partial charge in [-0.25, -0.2) is 0 Å². The van der Waals surface area contributed by atoms with Crippen LogP contribution in [0.3, 0.4) is 0 Å². The Labute approximate surface area is 148 Å². The summed E-state index contributed by atoms with van der Waals surface area (Å²) in [5.74, 6) is 0.598. The van der Waals surface area contributed by atoms with E-state index >= 15 is 0 Å². The summed E-state index contributed by atoms with van der Waals surface area (Å²) in [6, 6.07) is 8.63. The molecule has 1 atom stereocenters. The molecular formula is C21H35ClO. The molecule has 2 heteroatoms. The van der Waals surface area contributed by atoms with Crippen LogP contribution in [0, 0.1) is 0 Å². The van der Waals surface area contributed by atoms with E-state index in [0.717, 1.165) is 19.4 Å². The van der Waals surface area contributed by atoms with Crippen molar-refractivity contribution in [3.05, 3.63) is 35.4 Å². The number of rotatable bonds is 14. The fourth-order valence-corrected chi connectivity index (χ4v) is 3.24. The molecule has 0 aliphatic carbocycles. The molecule has 0 N–H and O–H groups in total. The molecule has 1 aromatic rings. The predicted octanol–water partition coefficient (Wildman–Crippen LogP) is 6.90. The van der Waals surface area contributed by atoms with E-state index in [2.05, 4.69) is 38.1 Å². The van der Waals surface area contributed by atoms with Gasteiger partial charge in [0.25, 0.3) is 0 Å². The van der Waals surface area contributed by atoms with E-state index in [-0.39, 0.29) is 0 Å². The van der Waals surface area contributed by atoms with Gasteiger partial charge in [-0.2, -0.15) is 0 Å². The molecule has 1 aromatic carbocycles. The first-order valence-corrected chi connectivity index (χ1v) is 10.1. The van der Waals surface area contributed by atoms with Crippen LogP contribution in [-0.2, 0) is 17.0 Å². The summed E-state index contributed by atoms with van der Waals surface area (Å²) in [7, 11) is 0. The smallest absolute Gasteiger partial charge is 0.0578 e. The molecule has 132 valence electrons. The van der Waals surface area contributed by atoms with Crippen LogP contribution in [0.5, 0.6) is 0 Å². The monoisotopic (exact) mass is 338 g/mol. The van der Waals surface area contributed by atoms with E-state index < -0.39 is 0 Å². The Morgan fingerprint density at radius 1 is 0.913 bits per heavy atom. The van der Waals surface area contributed by atoms with Crippen LogP contribution in [0.2, 0.25) is 0 Å². The summed E-state index contributed by atoms with van der Waals surface area (Å²) in [5, 5.41) is 0. The molecule has 0 aliphatic rings. The first kappa shape index (κ1) is 20.5. The lowest BCUT2D eigenvalue weighted by molar-refractivity contribution is 0.0491. The zero-order valence-electron chi connectivity index (χ0n) is 15.2. The molecule has 0 aromatic heterocycles. The summed E-state index contributed by atoms with van der Waals surface area (Å²) < 4.78 is 5.94. The second-order valence-corrected chi connectivity index (χ2v) is 6.75. The summed E-state index contributed by atoms with van der Waals surface area (Å²) in [6.07, 6.45) is 13.4. The average Bonchev–Trinajstić information content (AvgIpc) is 2.59. The van der Waals surface area contributed by atoms with Gasteiger partial charge in [-0.1, -0.05) is 76.1 Å². The number of ether oxygens (including phenoxy) is 1. The number of aryl methyl sites for hydroxylation is 1. The maximum atomic E-state index is 5.94. The van der Waals surface area contributed by atoms with Crippen LogP contribution < -0.4 is 0 Å². The standard InChI is InChI=1S/C21H35ClO/c1-3-5-6-7-8-9-10-14-21(23-4-2)16-15-19-12-11-13-20(17-19)18-22/h11-13,17,21H,3-10,14-16,18H2,1-2H3. The largest absolute Gasteiger partial charge is 0.378 e. The maximum absolute atomic E-state index is 5.94. The number of hydrogen-bond acceptors (Lipinski definition) is 1. The zero-order valence-corrected chi connectivity index (χ0v) is 15.9. The number of unbranched alkanes of at least 4 members (excludes halogenated alkanes) is 6. The van der Waals surface area contributed by atoms with Gasteiger partial charge in [0.15, 0.2) is 0 Å². The molecule has 0 saturated carbocycles. The van der Waals surface area contributed by atoms with Crippen molar-refractivity contribution < 1.29 is 4.74 Å². The molecule has 0 radical (unpaired) electrons. The van der Waals surface area contributed by atoms with Crippen molar-refractivity contribution in [1.29, 1.82) is 0 Å². The van der Waals surface area contributed by atoms with Gasteiger partial charge < -0.3 is 4.74 Å². The molecule has 0 amide bonds. The van der Waals surface area contributed by atoms with E-state index in [4.69, 9.17) is 16.3 Å². The van der Waals surface area contributed by atoms with Crippen molar-refractivity contribution in [3.63, 3.8) is 0 Å². The molecule has 0 bridgehead atoms. The molecular weight excluding hydrogens is 304 g/mol. The Kier molecular flexibility index (Phi) is 12.4. The summed E-state index contributed by atoms with van der Waals surface area (Å²) in [6.45, 7) is 5.20. The van der Waals surface area contributed by atoms with Crippen molar-refractivity contribution in [1.82, 2.24) is 0 Å². The Bertz CT molecular complexity index is 391. The minimum absolute atomic E-state index is 0.412. The number of benzene rings is 1. The zero-order chi connectivity index (χ0) is 16.8. The molecule has 1 rings (SSSR count). The molecule has 0 fully saturated rings. The highest BCUT2D eigenvalue weighted by atomic mass is 35.5. The molecule has 0 heterocycles. The normalized spacial score (nSPS) is 12.5. The van der Waals surface area contributed by atoms with E-state index in [1.165, 1.54) is 62.5 Å². The Hall–Kier alpha value is -0.530. The lowest BCUT2D eigenvalue weighted by Crippen LogP contribution is -2.14. The van der Waals surface area contributed by atoms with Gasteiger partial charge in [-0.3, -0.25) is 0 Å². The molecule has 23 heavy (non-hydrogen) atoms. The summed E-state index contributed by atoms with van der Waals surface area (Å²) in [4.78, 5) is 0. The van der Waals surface area contributed by atoms with Gasteiger partial charge in [-0.15, -0.1) is 11.6 Å². The number of halogens is 1. The fourth-order valence-electron chi connectivity index (χ4n) is 3.07. The molecule has 1 nitrogen and oxygen atoms in total. The lowest BCUT2D eigenvalue weighted by atomic mass is 10.0. The van der Waals surface area contributed by atoms with Gasteiger partial charge in [0.2, 0.25) is 0 Å². The van der Waals surface area contributed by atoms with Gasteiger partial charge >= 0.3 is 0 Å². The molecule has 0 spiro atoms. The highest BCUT2D eigenvalue weighted by Crippen LogP contribution is 2.16. The first-order valence-electron chi connectivity index (χ1n) is 9.55. The number of hydrogen-bond donors (Lipinski definition) is 0. The third-order valence-electron chi connectivity index (χ3n) is 4.43. The average molecular weight is 339 g/mol. The Morgan fingerprint density at radius 2 is 1.61 bits per heavy atom. The van der Waals surface area contributed by atoms with Crippen LogP contribution in [0.25, 0.3) is 0 Å². The topological polar surface area (TPSA) is 9.23 Å². The minimum Gasteiger partial charge on any atom is -0.378 e. The van der Waals surface area contributed by atoms with E-state index in [9.17, 15) is 0 Å². The highest BCUT2D eigenvalue weighted by Gasteiger charge is 2.09. The van der Waals surface area contributed by atoms with Gasteiger partial charge in [-0.05, 0) is 37.3 Å². The second kappa shape index (κ2) is 13.9. The Morgan fingerprint density at radius 3 is 2.30 bits per heavy atom. The van der Waals surface area contributed by atoms with Crippen molar-refractivity contribution in [2.75, 3.05) is 6.61 Å².